The zero-order valence-corrected chi connectivity index (χ0v) is 12.7. The van der Waals surface area contributed by atoms with Crippen molar-refractivity contribution in [3.8, 4) is 0 Å². The highest BCUT2D eigenvalue weighted by Gasteiger charge is 2.22. The third-order valence-corrected chi connectivity index (χ3v) is 5.10. The van der Waals surface area contributed by atoms with Crippen molar-refractivity contribution in [1.29, 1.82) is 0 Å². The Morgan fingerprint density at radius 3 is 2.70 bits per heavy atom. The van der Waals surface area contributed by atoms with Gasteiger partial charge < -0.3 is 5.32 Å². The summed E-state index contributed by atoms with van der Waals surface area (Å²) in [6.45, 7) is 3.25. The number of hydrogen-bond donors (Lipinski definition) is 1. The Morgan fingerprint density at radius 2 is 1.90 bits per heavy atom. The van der Waals surface area contributed by atoms with E-state index in [0.717, 1.165) is 6.54 Å². The van der Waals surface area contributed by atoms with Gasteiger partial charge in [-0.15, -0.1) is 11.8 Å². The van der Waals surface area contributed by atoms with Gasteiger partial charge in [-0.05, 0) is 35.7 Å². The van der Waals surface area contributed by atoms with E-state index in [2.05, 4.69) is 60.8 Å². The van der Waals surface area contributed by atoms with E-state index >= 15 is 0 Å². The quantitative estimate of drug-likeness (QED) is 0.834. The second-order valence-electron chi connectivity index (χ2n) is 5.37. The van der Waals surface area contributed by atoms with Crippen molar-refractivity contribution in [2.75, 3.05) is 17.6 Å². The summed E-state index contributed by atoms with van der Waals surface area (Å²) in [6, 6.07) is 17.7. The minimum absolute atomic E-state index is 0.631. The molecule has 2 heteroatoms. The van der Waals surface area contributed by atoms with E-state index in [0.29, 0.717) is 5.92 Å². The van der Waals surface area contributed by atoms with Crippen molar-refractivity contribution in [2.24, 2.45) is 0 Å². The van der Waals surface area contributed by atoms with Gasteiger partial charge in [-0.3, -0.25) is 0 Å². The summed E-state index contributed by atoms with van der Waals surface area (Å²) < 4.78 is 0. The molecule has 1 unspecified atom stereocenters. The zero-order chi connectivity index (χ0) is 13.8. The lowest BCUT2D eigenvalue weighted by atomic mass is 10.0. The molecule has 1 heterocycles. The van der Waals surface area contributed by atoms with E-state index in [1.165, 1.54) is 40.3 Å². The summed E-state index contributed by atoms with van der Waals surface area (Å²) >= 11 is 1.98. The maximum atomic E-state index is 3.58. The van der Waals surface area contributed by atoms with Crippen LogP contribution in [0.2, 0.25) is 0 Å². The first-order valence-corrected chi connectivity index (χ1v) is 8.40. The molecule has 104 valence electrons. The molecule has 1 aliphatic heterocycles. The highest BCUT2D eigenvalue weighted by molar-refractivity contribution is 7.99. The summed E-state index contributed by atoms with van der Waals surface area (Å²) in [6.07, 6.45) is 2.38. The molecule has 0 aromatic heterocycles. The first-order chi connectivity index (χ1) is 9.86. The van der Waals surface area contributed by atoms with Crippen molar-refractivity contribution in [2.45, 2.75) is 30.6 Å². The van der Waals surface area contributed by atoms with Crippen LogP contribution in [0.25, 0.3) is 0 Å². The van der Waals surface area contributed by atoms with Crippen LogP contribution in [-0.4, -0.2) is 12.3 Å². The Morgan fingerprint density at radius 1 is 1.10 bits per heavy atom. The Bertz CT molecular complexity index is 562. The van der Waals surface area contributed by atoms with Gasteiger partial charge in [0.2, 0.25) is 0 Å². The summed E-state index contributed by atoms with van der Waals surface area (Å²) in [5.74, 6) is 1.83. The molecule has 3 rings (SSSR count). The van der Waals surface area contributed by atoms with Gasteiger partial charge in [0.15, 0.2) is 0 Å². The molecule has 1 atom stereocenters. The topological polar surface area (TPSA) is 12.0 Å². The molecule has 2 aromatic rings. The zero-order valence-electron chi connectivity index (χ0n) is 11.9. The smallest absolute Gasteiger partial charge is 0.0340 e. The molecular weight excluding hydrogens is 262 g/mol. The molecule has 20 heavy (non-hydrogen) atoms. The van der Waals surface area contributed by atoms with E-state index in [1.807, 2.05) is 11.8 Å². The molecule has 1 nitrogen and oxygen atoms in total. The van der Waals surface area contributed by atoms with Crippen LogP contribution in [0.5, 0.6) is 0 Å². The van der Waals surface area contributed by atoms with Crippen LogP contribution in [0.4, 0.5) is 5.69 Å². The maximum absolute atomic E-state index is 3.58. The van der Waals surface area contributed by atoms with Crippen LogP contribution < -0.4 is 5.32 Å². The van der Waals surface area contributed by atoms with E-state index < -0.39 is 0 Å². The van der Waals surface area contributed by atoms with E-state index in [4.69, 9.17) is 0 Å². The van der Waals surface area contributed by atoms with Gasteiger partial charge in [0, 0.05) is 28.8 Å². The van der Waals surface area contributed by atoms with Gasteiger partial charge in [-0.1, -0.05) is 43.7 Å². The predicted octanol–water partition coefficient (Wildman–Crippen LogP) is 4.94. The molecule has 1 N–H and O–H groups in total. The number of benzene rings is 2. The van der Waals surface area contributed by atoms with Crippen LogP contribution in [-0.2, 0) is 6.42 Å². The third kappa shape index (κ3) is 3.01. The Hall–Kier alpha value is -1.41. The normalized spacial score (nSPS) is 16.9. The van der Waals surface area contributed by atoms with Crippen molar-refractivity contribution >= 4 is 17.4 Å². The van der Waals surface area contributed by atoms with Gasteiger partial charge in [0.25, 0.3) is 0 Å². The van der Waals surface area contributed by atoms with Crippen LogP contribution in [0.15, 0.2) is 53.4 Å². The lowest BCUT2D eigenvalue weighted by Gasteiger charge is -2.13. The minimum Gasteiger partial charge on any atom is -0.384 e. The lowest BCUT2D eigenvalue weighted by molar-refractivity contribution is 0.819. The van der Waals surface area contributed by atoms with Crippen molar-refractivity contribution in [3.05, 3.63) is 59.7 Å². The van der Waals surface area contributed by atoms with Crippen LogP contribution in [0.1, 0.15) is 30.4 Å². The second-order valence-corrected chi connectivity index (χ2v) is 6.44. The second kappa shape index (κ2) is 6.36. The number of anilines is 1. The van der Waals surface area contributed by atoms with Crippen LogP contribution in [0, 0.1) is 0 Å². The van der Waals surface area contributed by atoms with Gasteiger partial charge in [0.05, 0.1) is 0 Å². The van der Waals surface area contributed by atoms with Crippen LogP contribution >= 0.6 is 11.8 Å². The molecule has 0 radical (unpaired) electrons. The molecule has 0 saturated heterocycles. The molecule has 0 fully saturated rings. The number of rotatable bonds is 5. The standard InChI is InChI=1S/C18H21NS/c1-2-5-14-8-10-16(11-9-14)19-12-15-13-20-18-7-4-3-6-17(15)18/h3-4,6-11,15,19H,2,5,12-13H2,1H3. The van der Waals surface area contributed by atoms with E-state index in [1.54, 1.807) is 0 Å². The number of nitrogens with one attached hydrogen (secondary N) is 1. The monoisotopic (exact) mass is 283 g/mol. The average Bonchev–Trinajstić information content (AvgIpc) is 2.90. The van der Waals surface area contributed by atoms with Gasteiger partial charge >= 0.3 is 0 Å². The van der Waals surface area contributed by atoms with Crippen molar-refractivity contribution < 1.29 is 0 Å². The molecule has 0 spiro atoms. The molecule has 1 aliphatic rings. The number of thioether (sulfide) groups is 1. The number of aryl methyl sites for hydroxylation is 1. The highest BCUT2D eigenvalue weighted by atomic mass is 32.2. The molecule has 0 saturated carbocycles. The molecule has 0 amide bonds. The lowest BCUT2D eigenvalue weighted by Crippen LogP contribution is -2.12. The van der Waals surface area contributed by atoms with Gasteiger partial charge in [-0.25, -0.2) is 0 Å². The molecule has 0 aliphatic carbocycles. The summed E-state index contributed by atoms with van der Waals surface area (Å²) in [4.78, 5) is 1.46. The van der Waals surface area contributed by atoms with Crippen molar-refractivity contribution in [1.82, 2.24) is 0 Å². The third-order valence-electron chi connectivity index (χ3n) is 3.84. The van der Waals surface area contributed by atoms with Crippen LogP contribution in [0.3, 0.4) is 0 Å². The largest absolute Gasteiger partial charge is 0.384 e. The summed E-state index contributed by atoms with van der Waals surface area (Å²) in [5.41, 5.74) is 4.17. The number of fused-ring (bicyclic) bond motifs is 1. The first-order valence-electron chi connectivity index (χ1n) is 7.41. The van der Waals surface area contributed by atoms with E-state index in [9.17, 15) is 0 Å². The fourth-order valence-electron chi connectivity index (χ4n) is 2.72. The van der Waals surface area contributed by atoms with Gasteiger partial charge in [0.1, 0.15) is 0 Å². The minimum atomic E-state index is 0.631. The Balaban J connectivity index is 1.60. The van der Waals surface area contributed by atoms with Crippen molar-refractivity contribution in [3.63, 3.8) is 0 Å². The Kier molecular flexibility index (Phi) is 4.31. The molecule has 2 aromatic carbocycles. The molecular formula is C18H21NS. The Labute approximate surface area is 125 Å². The maximum Gasteiger partial charge on any atom is 0.0340 e. The average molecular weight is 283 g/mol. The van der Waals surface area contributed by atoms with Gasteiger partial charge in [-0.2, -0.15) is 0 Å². The fraction of sp³-hybridized carbons (Fsp3) is 0.333. The predicted molar refractivity (Wildman–Crippen MR) is 88.8 cm³/mol. The summed E-state index contributed by atoms with van der Waals surface area (Å²) in [7, 11) is 0. The molecule has 0 bridgehead atoms. The SMILES string of the molecule is CCCc1ccc(NCC2CSc3ccccc32)cc1. The van der Waals surface area contributed by atoms with E-state index in [-0.39, 0.29) is 0 Å². The number of hydrogen-bond acceptors (Lipinski definition) is 2. The first kappa shape index (κ1) is 13.6. The highest BCUT2D eigenvalue weighted by Crippen LogP contribution is 2.39. The fourth-order valence-corrected chi connectivity index (χ4v) is 3.97. The summed E-state index contributed by atoms with van der Waals surface area (Å²) in [5, 5.41) is 3.58.